The zero-order chi connectivity index (χ0) is 12.3. The van der Waals surface area contributed by atoms with Crippen LogP contribution in [0.4, 0.5) is 0 Å². The van der Waals surface area contributed by atoms with Crippen LogP contribution in [0.15, 0.2) is 0 Å². The molecule has 0 aromatic heterocycles. The lowest BCUT2D eigenvalue weighted by Crippen LogP contribution is -2.48. The van der Waals surface area contributed by atoms with E-state index in [2.05, 4.69) is 20.8 Å². The summed E-state index contributed by atoms with van der Waals surface area (Å²) in [6.45, 7) is 3.62. The molecular formula is C13H22BrNO2. The second-order valence-electron chi connectivity index (χ2n) is 5.31. The Morgan fingerprint density at radius 3 is 3.00 bits per heavy atom. The van der Waals surface area contributed by atoms with Crippen LogP contribution in [0.5, 0.6) is 0 Å². The van der Waals surface area contributed by atoms with E-state index in [1.54, 1.807) is 0 Å². The maximum absolute atomic E-state index is 12.5. The van der Waals surface area contributed by atoms with Crippen molar-refractivity contribution >= 4 is 21.8 Å². The minimum atomic E-state index is -0.531. The molecule has 3 nitrogen and oxygen atoms in total. The van der Waals surface area contributed by atoms with E-state index in [9.17, 15) is 4.79 Å². The van der Waals surface area contributed by atoms with Crippen molar-refractivity contribution in [1.29, 1.82) is 0 Å². The molecule has 0 aliphatic carbocycles. The van der Waals surface area contributed by atoms with Crippen molar-refractivity contribution < 1.29 is 9.53 Å². The Morgan fingerprint density at radius 2 is 2.35 bits per heavy atom. The lowest BCUT2D eigenvalue weighted by atomic mass is 10.00. The summed E-state index contributed by atoms with van der Waals surface area (Å²) < 4.78 is 5.67. The van der Waals surface area contributed by atoms with Gasteiger partial charge in [-0.3, -0.25) is 4.79 Å². The standard InChI is InChI=1S/C13H22BrNO2/c1-13(7-4-10-17-13)12(16)15-9-3-6-11(15)5-2-8-14/h11H,2-10H2,1H3. The summed E-state index contributed by atoms with van der Waals surface area (Å²) in [5.41, 5.74) is -0.531. The number of nitrogens with zero attached hydrogens (tertiary/aromatic N) is 1. The quantitative estimate of drug-likeness (QED) is 0.747. The Morgan fingerprint density at radius 1 is 1.53 bits per heavy atom. The zero-order valence-corrected chi connectivity index (χ0v) is 12.2. The Bertz CT molecular complexity index is 277. The zero-order valence-electron chi connectivity index (χ0n) is 10.6. The Hall–Kier alpha value is -0.0900. The topological polar surface area (TPSA) is 29.5 Å². The second-order valence-corrected chi connectivity index (χ2v) is 6.10. The second kappa shape index (κ2) is 5.70. The molecule has 0 saturated carbocycles. The van der Waals surface area contributed by atoms with E-state index in [0.29, 0.717) is 6.04 Å². The molecule has 2 heterocycles. The molecule has 2 saturated heterocycles. The van der Waals surface area contributed by atoms with Crippen LogP contribution in [0.3, 0.4) is 0 Å². The highest BCUT2D eigenvalue weighted by atomic mass is 79.9. The first-order valence-corrected chi connectivity index (χ1v) is 7.80. The van der Waals surface area contributed by atoms with E-state index in [-0.39, 0.29) is 5.91 Å². The molecule has 2 atom stereocenters. The molecule has 0 radical (unpaired) electrons. The molecule has 0 aromatic carbocycles. The van der Waals surface area contributed by atoms with Gasteiger partial charge in [0.2, 0.25) is 0 Å². The van der Waals surface area contributed by atoms with Crippen LogP contribution in [0.2, 0.25) is 0 Å². The molecule has 2 unspecified atom stereocenters. The number of ether oxygens (including phenoxy) is 1. The molecule has 0 bridgehead atoms. The van der Waals surface area contributed by atoms with E-state index >= 15 is 0 Å². The van der Waals surface area contributed by atoms with Crippen LogP contribution in [0.1, 0.15) is 45.4 Å². The fraction of sp³-hybridized carbons (Fsp3) is 0.923. The van der Waals surface area contributed by atoms with Gasteiger partial charge < -0.3 is 9.64 Å². The SMILES string of the molecule is CC1(C(=O)N2CCCC2CCCBr)CCCO1. The van der Waals surface area contributed by atoms with Crippen molar-refractivity contribution in [3.05, 3.63) is 0 Å². The van der Waals surface area contributed by atoms with Crippen molar-refractivity contribution in [2.45, 2.75) is 57.1 Å². The summed E-state index contributed by atoms with van der Waals surface area (Å²) in [6.07, 6.45) is 6.47. The molecule has 2 aliphatic rings. The number of carbonyl (C=O) groups is 1. The van der Waals surface area contributed by atoms with E-state index < -0.39 is 5.60 Å². The molecule has 0 spiro atoms. The van der Waals surface area contributed by atoms with Crippen LogP contribution in [0.25, 0.3) is 0 Å². The summed E-state index contributed by atoms with van der Waals surface area (Å²) >= 11 is 3.46. The van der Waals surface area contributed by atoms with Crippen molar-refractivity contribution in [2.24, 2.45) is 0 Å². The fourth-order valence-electron chi connectivity index (χ4n) is 2.97. The minimum absolute atomic E-state index is 0.229. The van der Waals surface area contributed by atoms with Gasteiger partial charge in [-0.15, -0.1) is 0 Å². The van der Waals surface area contributed by atoms with Gasteiger partial charge in [0, 0.05) is 24.5 Å². The molecule has 1 amide bonds. The molecule has 0 N–H and O–H groups in total. The number of amides is 1. The third-order valence-electron chi connectivity index (χ3n) is 3.98. The highest BCUT2D eigenvalue weighted by molar-refractivity contribution is 9.09. The molecule has 2 fully saturated rings. The Labute approximate surface area is 112 Å². The molecule has 17 heavy (non-hydrogen) atoms. The predicted octanol–water partition coefficient (Wildman–Crippen LogP) is 2.72. The number of carbonyl (C=O) groups excluding carboxylic acids is 1. The van der Waals surface area contributed by atoms with Gasteiger partial charge in [-0.05, 0) is 45.4 Å². The van der Waals surface area contributed by atoms with Crippen molar-refractivity contribution in [3.63, 3.8) is 0 Å². The van der Waals surface area contributed by atoms with Gasteiger partial charge in [-0.25, -0.2) is 0 Å². The number of hydrogen-bond acceptors (Lipinski definition) is 2. The smallest absolute Gasteiger partial charge is 0.254 e. The maximum atomic E-state index is 12.5. The van der Waals surface area contributed by atoms with E-state index in [1.807, 2.05) is 6.92 Å². The molecule has 2 rings (SSSR count). The normalized spacial score (nSPS) is 33.3. The summed E-state index contributed by atoms with van der Waals surface area (Å²) in [5.74, 6) is 0.229. The molecule has 4 heteroatoms. The Kier molecular flexibility index (Phi) is 4.47. The first-order chi connectivity index (χ1) is 8.17. The average molecular weight is 304 g/mol. The minimum Gasteiger partial charge on any atom is -0.365 e. The lowest BCUT2D eigenvalue weighted by molar-refractivity contribution is -0.152. The summed E-state index contributed by atoms with van der Waals surface area (Å²) in [5, 5.41) is 1.03. The van der Waals surface area contributed by atoms with Crippen molar-refractivity contribution in [2.75, 3.05) is 18.5 Å². The average Bonchev–Trinajstić information content (AvgIpc) is 2.95. The first kappa shape index (κ1) is 13.3. The molecule has 0 aromatic rings. The number of rotatable bonds is 4. The third kappa shape index (κ3) is 2.84. The largest absolute Gasteiger partial charge is 0.365 e. The monoisotopic (exact) mass is 303 g/mol. The van der Waals surface area contributed by atoms with Gasteiger partial charge in [0.25, 0.3) is 5.91 Å². The van der Waals surface area contributed by atoms with Crippen LogP contribution in [-0.4, -0.2) is 40.9 Å². The third-order valence-corrected chi connectivity index (χ3v) is 4.54. The van der Waals surface area contributed by atoms with E-state index in [0.717, 1.165) is 57.0 Å². The van der Waals surface area contributed by atoms with Gasteiger partial charge in [0.1, 0.15) is 5.60 Å². The van der Waals surface area contributed by atoms with Crippen LogP contribution in [0, 0.1) is 0 Å². The fourth-order valence-corrected chi connectivity index (χ4v) is 3.29. The van der Waals surface area contributed by atoms with Gasteiger partial charge in [-0.1, -0.05) is 15.9 Å². The van der Waals surface area contributed by atoms with Crippen LogP contribution < -0.4 is 0 Å². The number of alkyl halides is 1. The highest BCUT2D eigenvalue weighted by Gasteiger charge is 2.43. The summed E-state index contributed by atoms with van der Waals surface area (Å²) in [7, 11) is 0. The number of likely N-dealkylation sites (tertiary alicyclic amines) is 1. The number of halogens is 1. The lowest BCUT2D eigenvalue weighted by Gasteiger charge is -2.32. The van der Waals surface area contributed by atoms with Gasteiger partial charge in [0.05, 0.1) is 0 Å². The summed E-state index contributed by atoms with van der Waals surface area (Å²) in [6, 6.07) is 0.445. The summed E-state index contributed by atoms with van der Waals surface area (Å²) in [4.78, 5) is 14.6. The molecule has 2 aliphatic heterocycles. The molecular weight excluding hydrogens is 282 g/mol. The predicted molar refractivity (Wildman–Crippen MR) is 71.4 cm³/mol. The van der Waals surface area contributed by atoms with Gasteiger partial charge in [-0.2, -0.15) is 0 Å². The molecule has 98 valence electrons. The highest BCUT2D eigenvalue weighted by Crippen LogP contribution is 2.31. The van der Waals surface area contributed by atoms with E-state index in [4.69, 9.17) is 4.74 Å². The number of hydrogen-bond donors (Lipinski definition) is 0. The van der Waals surface area contributed by atoms with Gasteiger partial charge in [0.15, 0.2) is 0 Å². The Balaban J connectivity index is 1.97. The van der Waals surface area contributed by atoms with Gasteiger partial charge >= 0.3 is 0 Å². The maximum Gasteiger partial charge on any atom is 0.254 e. The van der Waals surface area contributed by atoms with E-state index in [1.165, 1.54) is 0 Å². The van der Waals surface area contributed by atoms with Crippen molar-refractivity contribution in [3.8, 4) is 0 Å². The first-order valence-electron chi connectivity index (χ1n) is 6.68. The van der Waals surface area contributed by atoms with Crippen molar-refractivity contribution in [1.82, 2.24) is 4.90 Å². The van der Waals surface area contributed by atoms with Crippen LogP contribution >= 0.6 is 15.9 Å². The van der Waals surface area contributed by atoms with Crippen LogP contribution in [-0.2, 0) is 9.53 Å².